The Hall–Kier alpha value is -1.69. The van der Waals surface area contributed by atoms with Crippen LogP contribution in [-0.4, -0.2) is 36.6 Å². The summed E-state index contributed by atoms with van der Waals surface area (Å²) >= 11 is 0. The molecule has 0 bridgehead atoms. The summed E-state index contributed by atoms with van der Waals surface area (Å²) in [4.78, 5) is 13.6. The van der Waals surface area contributed by atoms with Gasteiger partial charge in [0.15, 0.2) is 0 Å². The third-order valence-corrected chi connectivity index (χ3v) is 2.93. The van der Waals surface area contributed by atoms with E-state index in [2.05, 4.69) is 10.6 Å². The van der Waals surface area contributed by atoms with Crippen LogP contribution in [0.1, 0.15) is 6.92 Å². The summed E-state index contributed by atoms with van der Waals surface area (Å²) in [6.07, 6.45) is 0. The molecule has 1 saturated heterocycles. The van der Waals surface area contributed by atoms with Crippen LogP contribution in [0.25, 0.3) is 0 Å². The first-order valence-corrected chi connectivity index (χ1v) is 5.81. The molecule has 2 N–H and O–H groups in total. The zero-order chi connectivity index (χ0) is 13.1. The van der Waals surface area contributed by atoms with Gasteiger partial charge < -0.3 is 15.5 Å². The molecule has 1 aliphatic rings. The van der Waals surface area contributed by atoms with Gasteiger partial charge in [-0.3, -0.25) is 0 Å². The molecule has 18 heavy (non-hydrogen) atoms. The summed E-state index contributed by atoms with van der Waals surface area (Å²) in [5.74, 6) is -1.44. The fraction of sp³-hybridized carbons (Fsp3) is 0.417. The molecule has 0 saturated carbocycles. The Bertz CT molecular complexity index is 453. The van der Waals surface area contributed by atoms with Gasteiger partial charge in [-0.25, -0.2) is 13.6 Å². The van der Waals surface area contributed by atoms with E-state index in [1.165, 1.54) is 6.07 Å². The second kappa shape index (κ2) is 5.30. The van der Waals surface area contributed by atoms with E-state index in [0.717, 1.165) is 12.1 Å². The molecule has 1 aromatic carbocycles. The molecule has 0 aromatic heterocycles. The van der Waals surface area contributed by atoms with Gasteiger partial charge >= 0.3 is 6.03 Å². The highest BCUT2D eigenvalue weighted by Crippen LogP contribution is 2.16. The van der Waals surface area contributed by atoms with Gasteiger partial charge in [0.1, 0.15) is 11.6 Å². The molecule has 98 valence electrons. The number of nitrogens with zero attached hydrogens (tertiary/aromatic N) is 1. The minimum atomic E-state index is -0.772. The van der Waals surface area contributed by atoms with E-state index in [1.54, 1.807) is 4.90 Å². The number of hydrogen-bond acceptors (Lipinski definition) is 2. The molecule has 0 radical (unpaired) electrons. The van der Waals surface area contributed by atoms with Crippen molar-refractivity contribution in [2.75, 3.05) is 25.0 Å². The number of nitrogens with one attached hydrogen (secondary N) is 2. The maximum absolute atomic E-state index is 13.4. The van der Waals surface area contributed by atoms with Crippen LogP contribution in [0.5, 0.6) is 0 Å². The molecule has 2 amide bonds. The van der Waals surface area contributed by atoms with Gasteiger partial charge in [-0.2, -0.15) is 0 Å². The minimum absolute atomic E-state index is 0.00728. The topological polar surface area (TPSA) is 44.4 Å². The van der Waals surface area contributed by atoms with E-state index in [9.17, 15) is 13.6 Å². The largest absolute Gasteiger partial charge is 0.322 e. The molecule has 2 rings (SSSR count). The predicted octanol–water partition coefficient (Wildman–Crippen LogP) is 1.79. The number of halogens is 2. The van der Waals surface area contributed by atoms with E-state index in [1.807, 2.05) is 6.92 Å². The van der Waals surface area contributed by atoms with Crippen molar-refractivity contribution >= 4 is 11.7 Å². The van der Waals surface area contributed by atoms with Crippen molar-refractivity contribution in [2.45, 2.75) is 13.0 Å². The van der Waals surface area contributed by atoms with Gasteiger partial charge in [0, 0.05) is 31.7 Å². The predicted molar refractivity (Wildman–Crippen MR) is 64.4 cm³/mol. The van der Waals surface area contributed by atoms with Crippen molar-refractivity contribution in [1.82, 2.24) is 10.2 Å². The second-order valence-electron chi connectivity index (χ2n) is 4.30. The zero-order valence-electron chi connectivity index (χ0n) is 10.0. The van der Waals surface area contributed by atoms with E-state index in [-0.39, 0.29) is 17.8 Å². The lowest BCUT2D eigenvalue weighted by molar-refractivity contribution is 0.177. The zero-order valence-corrected chi connectivity index (χ0v) is 10.0. The van der Waals surface area contributed by atoms with Crippen molar-refractivity contribution in [1.29, 1.82) is 0 Å². The summed E-state index contributed by atoms with van der Waals surface area (Å²) in [7, 11) is 0. The average molecular weight is 255 g/mol. The molecule has 1 aliphatic heterocycles. The van der Waals surface area contributed by atoms with E-state index < -0.39 is 11.6 Å². The highest BCUT2D eigenvalue weighted by Gasteiger charge is 2.23. The molecule has 6 heteroatoms. The number of urea groups is 1. The summed E-state index contributed by atoms with van der Waals surface area (Å²) in [5.41, 5.74) is -0.00728. The van der Waals surface area contributed by atoms with Crippen LogP contribution in [0, 0.1) is 11.6 Å². The molecule has 0 aliphatic carbocycles. The Labute approximate surface area is 104 Å². The fourth-order valence-electron chi connectivity index (χ4n) is 1.92. The molecular formula is C12H15F2N3O. The van der Waals surface area contributed by atoms with Crippen LogP contribution in [0.4, 0.5) is 19.3 Å². The van der Waals surface area contributed by atoms with Crippen LogP contribution in [0.2, 0.25) is 0 Å². The van der Waals surface area contributed by atoms with Crippen molar-refractivity contribution in [3.05, 3.63) is 29.8 Å². The lowest BCUT2D eigenvalue weighted by Gasteiger charge is -2.33. The Kier molecular flexibility index (Phi) is 3.76. The summed E-state index contributed by atoms with van der Waals surface area (Å²) in [5, 5.41) is 5.61. The van der Waals surface area contributed by atoms with Gasteiger partial charge in [0.2, 0.25) is 0 Å². The maximum atomic E-state index is 13.4. The number of rotatable bonds is 1. The summed E-state index contributed by atoms with van der Waals surface area (Å²) in [6.45, 7) is 3.89. The monoisotopic (exact) mass is 255 g/mol. The normalized spacial score (nSPS) is 19.7. The molecule has 0 spiro atoms. The first-order chi connectivity index (χ1) is 8.58. The van der Waals surface area contributed by atoms with E-state index in [0.29, 0.717) is 19.6 Å². The number of anilines is 1. The molecule has 1 unspecified atom stereocenters. The third kappa shape index (κ3) is 2.76. The first kappa shape index (κ1) is 12.8. The summed E-state index contributed by atoms with van der Waals surface area (Å²) in [6, 6.07) is 2.75. The Morgan fingerprint density at radius 3 is 2.94 bits per heavy atom. The molecule has 1 atom stereocenters. The number of piperazine rings is 1. The quantitative estimate of drug-likeness (QED) is 0.803. The van der Waals surface area contributed by atoms with E-state index in [4.69, 9.17) is 0 Å². The SMILES string of the molecule is CC1CNCCN1C(=O)Nc1ccc(F)cc1F. The molecular weight excluding hydrogens is 240 g/mol. The standard InChI is InChI=1S/C12H15F2N3O/c1-8-7-15-4-5-17(8)12(18)16-11-3-2-9(13)6-10(11)14/h2-3,6,8,15H,4-5,7H2,1H3,(H,16,18). The molecule has 1 fully saturated rings. The van der Waals surface area contributed by atoms with Gasteiger partial charge in [-0.15, -0.1) is 0 Å². The van der Waals surface area contributed by atoms with Crippen LogP contribution < -0.4 is 10.6 Å². The van der Waals surface area contributed by atoms with Gasteiger partial charge in [-0.1, -0.05) is 0 Å². The van der Waals surface area contributed by atoms with Crippen LogP contribution in [-0.2, 0) is 0 Å². The molecule has 4 nitrogen and oxygen atoms in total. The van der Waals surface area contributed by atoms with Crippen LogP contribution >= 0.6 is 0 Å². The molecule has 1 heterocycles. The van der Waals surface area contributed by atoms with Crippen molar-refractivity contribution in [3.8, 4) is 0 Å². The maximum Gasteiger partial charge on any atom is 0.322 e. The lowest BCUT2D eigenvalue weighted by Crippen LogP contribution is -2.53. The number of carbonyl (C=O) groups is 1. The van der Waals surface area contributed by atoms with Crippen molar-refractivity contribution in [3.63, 3.8) is 0 Å². The molecule has 1 aromatic rings. The van der Waals surface area contributed by atoms with Gasteiger partial charge in [0.05, 0.1) is 5.69 Å². The first-order valence-electron chi connectivity index (χ1n) is 5.81. The lowest BCUT2D eigenvalue weighted by atomic mass is 10.2. The Morgan fingerprint density at radius 2 is 2.28 bits per heavy atom. The number of amides is 2. The summed E-state index contributed by atoms with van der Waals surface area (Å²) < 4.78 is 26.1. The van der Waals surface area contributed by atoms with Gasteiger partial charge in [-0.05, 0) is 19.1 Å². The Balaban J connectivity index is 2.06. The fourth-order valence-corrected chi connectivity index (χ4v) is 1.92. The van der Waals surface area contributed by atoms with Crippen molar-refractivity contribution in [2.24, 2.45) is 0 Å². The van der Waals surface area contributed by atoms with Gasteiger partial charge in [0.25, 0.3) is 0 Å². The third-order valence-electron chi connectivity index (χ3n) is 2.93. The Morgan fingerprint density at radius 1 is 1.50 bits per heavy atom. The highest BCUT2D eigenvalue weighted by atomic mass is 19.1. The number of hydrogen-bond donors (Lipinski definition) is 2. The number of carbonyl (C=O) groups excluding carboxylic acids is 1. The van der Waals surface area contributed by atoms with Crippen LogP contribution in [0.15, 0.2) is 18.2 Å². The van der Waals surface area contributed by atoms with Crippen LogP contribution in [0.3, 0.4) is 0 Å². The average Bonchev–Trinajstić information content (AvgIpc) is 2.33. The number of benzene rings is 1. The van der Waals surface area contributed by atoms with Crippen molar-refractivity contribution < 1.29 is 13.6 Å². The van der Waals surface area contributed by atoms with E-state index >= 15 is 0 Å². The second-order valence-corrected chi connectivity index (χ2v) is 4.30. The smallest absolute Gasteiger partial charge is 0.319 e. The highest BCUT2D eigenvalue weighted by molar-refractivity contribution is 5.89. The minimum Gasteiger partial charge on any atom is -0.319 e.